The maximum absolute atomic E-state index is 12.8. The van der Waals surface area contributed by atoms with Gasteiger partial charge in [-0.05, 0) is 37.6 Å². The zero-order chi connectivity index (χ0) is 19.1. The van der Waals surface area contributed by atoms with Gasteiger partial charge in [0.1, 0.15) is 23.4 Å². The van der Waals surface area contributed by atoms with E-state index in [0.717, 1.165) is 23.9 Å². The van der Waals surface area contributed by atoms with Crippen LogP contribution in [-0.2, 0) is 20.0 Å². The van der Waals surface area contributed by atoms with Gasteiger partial charge in [0.25, 0.3) is 5.56 Å². The molecular weight excluding hydrogens is 346 g/mol. The summed E-state index contributed by atoms with van der Waals surface area (Å²) in [5.74, 6) is 0.559. The molecule has 0 radical (unpaired) electrons. The summed E-state index contributed by atoms with van der Waals surface area (Å²) in [4.78, 5) is 24.4. The molecule has 0 spiro atoms. The molecule has 0 saturated carbocycles. The van der Waals surface area contributed by atoms with E-state index < -0.39 is 0 Å². The van der Waals surface area contributed by atoms with E-state index in [1.807, 2.05) is 13.0 Å². The largest absolute Gasteiger partial charge is 0.459 e. The first-order chi connectivity index (χ1) is 13.0. The highest BCUT2D eigenvalue weighted by Gasteiger charge is 2.17. The Balaban J connectivity index is 1.74. The number of hydrogen-bond acceptors (Lipinski definition) is 6. The van der Waals surface area contributed by atoms with E-state index in [0.29, 0.717) is 27.9 Å². The molecule has 27 heavy (non-hydrogen) atoms. The monoisotopic (exact) mass is 365 g/mol. The Morgan fingerprint density at radius 3 is 2.81 bits per heavy atom. The summed E-state index contributed by atoms with van der Waals surface area (Å²) in [6, 6.07) is 7.07. The first-order valence-corrected chi connectivity index (χ1v) is 8.80. The lowest BCUT2D eigenvalue weighted by Crippen LogP contribution is -2.25. The Hall–Kier alpha value is -3.29. The van der Waals surface area contributed by atoms with Crippen molar-refractivity contribution in [2.75, 3.05) is 0 Å². The van der Waals surface area contributed by atoms with Crippen LogP contribution in [0.25, 0.3) is 22.0 Å². The van der Waals surface area contributed by atoms with Crippen LogP contribution in [0, 0.1) is 0 Å². The average Bonchev–Trinajstić information content (AvgIpc) is 3.17. The molecule has 138 valence electrons. The van der Waals surface area contributed by atoms with E-state index in [1.54, 1.807) is 29.9 Å². The van der Waals surface area contributed by atoms with Crippen molar-refractivity contribution in [3.05, 3.63) is 51.6 Å². The first-order valence-electron chi connectivity index (χ1n) is 8.80. The quantitative estimate of drug-likeness (QED) is 0.504. The zero-order valence-electron chi connectivity index (χ0n) is 15.4. The van der Waals surface area contributed by atoms with Gasteiger partial charge in [-0.2, -0.15) is 5.10 Å². The molecule has 0 fully saturated rings. The van der Waals surface area contributed by atoms with Gasteiger partial charge in [0.2, 0.25) is 0 Å². The number of Topliss-reactive ketones (excluding diaryl/α,β-unsaturated/α-hetero) is 1. The van der Waals surface area contributed by atoms with Gasteiger partial charge in [0.05, 0.1) is 5.69 Å². The molecule has 0 aliphatic heterocycles. The summed E-state index contributed by atoms with van der Waals surface area (Å²) in [6.07, 6.45) is 1.66. The molecule has 0 aliphatic carbocycles. The van der Waals surface area contributed by atoms with Gasteiger partial charge < -0.3 is 4.42 Å². The summed E-state index contributed by atoms with van der Waals surface area (Å²) >= 11 is 0. The highest BCUT2D eigenvalue weighted by atomic mass is 16.3. The summed E-state index contributed by atoms with van der Waals surface area (Å²) < 4.78 is 8.61. The molecule has 8 nitrogen and oxygen atoms in total. The second-order valence-electron chi connectivity index (χ2n) is 6.59. The second kappa shape index (κ2) is 6.46. The minimum Gasteiger partial charge on any atom is -0.459 e. The summed E-state index contributed by atoms with van der Waals surface area (Å²) in [6.45, 7) is 3.72. The summed E-state index contributed by atoms with van der Waals surface area (Å²) in [7, 11) is 1.74. The second-order valence-corrected chi connectivity index (χ2v) is 6.59. The summed E-state index contributed by atoms with van der Waals surface area (Å²) in [5.41, 5.74) is 2.78. The third-order valence-electron chi connectivity index (χ3n) is 4.55. The summed E-state index contributed by atoms with van der Waals surface area (Å²) in [5, 5.41) is 13.5. The predicted octanol–water partition coefficient (Wildman–Crippen LogP) is 2.47. The van der Waals surface area contributed by atoms with Crippen LogP contribution >= 0.6 is 0 Å². The van der Waals surface area contributed by atoms with Crippen molar-refractivity contribution in [2.45, 2.75) is 33.2 Å². The minimum atomic E-state index is -0.262. The fraction of sp³-hybridized carbons (Fsp3) is 0.316. The maximum atomic E-state index is 12.8. The average molecular weight is 365 g/mol. The van der Waals surface area contributed by atoms with Gasteiger partial charge >= 0.3 is 0 Å². The lowest BCUT2D eigenvalue weighted by Gasteiger charge is -2.01. The van der Waals surface area contributed by atoms with Gasteiger partial charge in [-0.3, -0.25) is 14.3 Å². The number of benzene rings is 1. The van der Waals surface area contributed by atoms with E-state index in [2.05, 4.69) is 15.4 Å². The van der Waals surface area contributed by atoms with Crippen LogP contribution in [0.1, 0.15) is 42.1 Å². The van der Waals surface area contributed by atoms with E-state index in [1.165, 1.54) is 11.6 Å². The highest BCUT2D eigenvalue weighted by Crippen LogP contribution is 2.21. The Morgan fingerprint density at radius 1 is 1.26 bits per heavy atom. The first kappa shape index (κ1) is 17.1. The van der Waals surface area contributed by atoms with Crippen LogP contribution in [0.4, 0.5) is 0 Å². The van der Waals surface area contributed by atoms with Crippen LogP contribution in [0.3, 0.4) is 0 Å². The molecule has 3 aromatic heterocycles. The van der Waals surface area contributed by atoms with Crippen molar-refractivity contribution in [3.63, 3.8) is 0 Å². The van der Waals surface area contributed by atoms with Crippen molar-refractivity contribution in [1.29, 1.82) is 0 Å². The van der Waals surface area contributed by atoms with Crippen molar-refractivity contribution in [1.82, 2.24) is 24.8 Å². The van der Waals surface area contributed by atoms with Crippen molar-refractivity contribution >= 4 is 27.8 Å². The lowest BCUT2D eigenvalue weighted by atomic mass is 10.1. The van der Waals surface area contributed by atoms with Gasteiger partial charge in [-0.25, -0.2) is 4.68 Å². The number of fused-ring (bicyclic) bond motifs is 2. The Kier molecular flexibility index (Phi) is 4.10. The van der Waals surface area contributed by atoms with E-state index >= 15 is 0 Å². The standard InChI is InChI=1S/C19H19N5O3/c1-4-5-15-17-18(23(3)21-15)19(26)24(22-20-17)10-14-9-13-8-12(11(2)25)6-7-16(13)27-14/h6-9H,4-5,10H2,1-3H3. The fourth-order valence-corrected chi connectivity index (χ4v) is 3.23. The third-order valence-corrected chi connectivity index (χ3v) is 4.55. The Morgan fingerprint density at radius 2 is 2.07 bits per heavy atom. The number of aryl methyl sites for hydroxylation is 2. The SMILES string of the molecule is CCCc1nn(C)c2c(=O)n(Cc3cc4cc(C(C)=O)ccc4o3)nnc12. The minimum absolute atomic E-state index is 0.00808. The molecule has 4 rings (SSSR count). The van der Waals surface area contributed by atoms with E-state index in [-0.39, 0.29) is 17.9 Å². The normalized spacial score (nSPS) is 11.5. The molecule has 0 atom stereocenters. The number of nitrogens with zero attached hydrogens (tertiary/aromatic N) is 5. The molecule has 8 heteroatoms. The predicted molar refractivity (Wildman–Crippen MR) is 99.9 cm³/mol. The van der Waals surface area contributed by atoms with Gasteiger partial charge in [-0.15, -0.1) is 5.10 Å². The molecule has 0 amide bonds. The van der Waals surface area contributed by atoms with Crippen molar-refractivity contribution in [2.24, 2.45) is 7.05 Å². The maximum Gasteiger partial charge on any atom is 0.296 e. The number of carbonyl (C=O) groups excluding carboxylic acids is 1. The van der Waals surface area contributed by atoms with Crippen LogP contribution in [0.15, 0.2) is 33.5 Å². The fourth-order valence-electron chi connectivity index (χ4n) is 3.23. The van der Waals surface area contributed by atoms with E-state index in [4.69, 9.17) is 4.42 Å². The van der Waals surface area contributed by atoms with Crippen LogP contribution < -0.4 is 5.56 Å². The highest BCUT2D eigenvalue weighted by molar-refractivity contribution is 5.97. The molecule has 0 N–H and O–H groups in total. The number of hydrogen-bond donors (Lipinski definition) is 0. The third kappa shape index (κ3) is 2.92. The molecule has 0 saturated heterocycles. The van der Waals surface area contributed by atoms with Gasteiger partial charge in [0, 0.05) is 18.0 Å². The van der Waals surface area contributed by atoms with Crippen molar-refractivity contribution in [3.8, 4) is 0 Å². The Labute approximate surface area is 154 Å². The number of rotatable bonds is 5. The number of aromatic nitrogens is 5. The molecule has 0 unspecified atom stereocenters. The molecule has 0 aliphatic rings. The molecule has 4 aromatic rings. The number of carbonyl (C=O) groups is 1. The molecule has 1 aromatic carbocycles. The van der Waals surface area contributed by atoms with Gasteiger partial charge in [0.15, 0.2) is 11.3 Å². The smallest absolute Gasteiger partial charge is 0.296 e. The lowest BCUT2D eigenvalue weighted by molar-refractivity contribution is 0.101. The molecule has 3 heterocycles. The Bertz CT molecular complexity index is 1230. The van der Waals surface area contributed by atoms with E-state index in [9.17, 15) is 9.59 Å². The number of ketones is 1. The van der Waals surface area contributed by atoms with Gasteiger partial charge in [-0.1, -0.05) is 18.6 Å². The van der Waals surface area contributed by atoms with Crippen LogP contribution in [0.5, 0.6) is 0 Å². The molecular formula is C19H19N5O3. The van der Waals surface area contributed by atoms with Crippen LogP contribution in [0.2, 0.25) is 0 Å². The molecule has 0 bridgehead atoms. The van der Waals surface area contributed by atoms with Crippen LogP contribution in [-0.4, -0.2) is 30.6 Å². The number of furan rings is 1. The zero-order valence-corrected chi connectivity index (χ0v) is 15.4. The van der Waals surface area contributed by atoms with Crippen molar-refractivity contribution < 1.29 is 9.21 Å². The topological polar surface area (TPSA) is 95.8 Å².